The molecule has 226 valence electrons. The quantitative estimate of drug-likeness (QED) is 0.122. The molecule has 0 aliphatic rings. The van der Waals surface area contributed by atoms with Crippen LogP contribution in [0, 0.1) is 0 Å². The first-order valence-electron chi connectivity index (χ1n) is 15.0. The van der Waals surface area contributed by atoms with Crippen LogP contribution < -0.4 is 15.2 Å². The number of imidazole rings is 1. The van der Waals surface area contributed by atoms with E-state index in [4.69, 9.17) is 20.2 Å². The number of primary amides is 1. The molecule has 0 saturated carbocycles. The monoisotopic (exact) mass is 582 g/mol. The number of aromatic nitrogens is 2. The molecule has 1 aromatic heterocycles. The Bertz CT molecular complexity index is 1510. The molecule has 8 nitrogen and oxygen atoms in total. The van der Waals surface area contributed by atoms with Gasteiger partial charge >= 0.3 is 5.97 Å². The first-order chi connectivity index (χ1) is 20.8. The van der Waals surface area contributed by atoms with Crippen molar-refractivity contribution in [1.82, 2.24) is 14.5 Å². The van der Waals surface area contributed by atoms with Gasteiger partial charge in [0.1, 0.15) is 17.3 Å². The van der Waals surface area contributed by atoms with E-state index in [9.17, 15) is 9.59 Å². The Hall–Kier alpha value is -4.43. The van der Waals surface area contributed by atoms with Crippen LogP contribution in [-0.2, 0) is 24.4 Å². The number of carbonyl (C=O) groups excluding carboxylic acids is 2. The Balaban J connectivity index is 1.80. The molecule has 1 heterocycles. The van der Waals surface area contributed by atoms with E-state index in [1.165, 1.54) is 6.92 Å². The molecule has 2 N–H and O–H groups in total. The van der Waals surface area contributed by atoms with Crippen molar-refractivity contribution in [2.24, 2.45) is 5.73 Å². The van der Waals surface area contributed by atoms with Crippen LogP contribution in [0.5, 0.6) is 11.5 Å². The van der Waals surface area contributed by atoms with Crippen LogP contribution in [0.4, 0.5) is 0 Å². The molecule has 0 aliphatic heterocycles. The topological polar surface area (TPSA) is 99.7 Å². The Kier molecular flexibility index (Phi) is 11.1. The summed E-state index contributed by atoms with van der Waals surface area (Å²) in [6.07, 6.45) is 4.16. The zero-order valence-corrected chi connectivity index (χ0v) is 25.6. The summed E-state index contributed by atoms with van der Waals surface area (Å²) in [5.41, 5.74) is 10.9. The summed E-state index contributed by atoms with van der Waals surface area (Å²) in [4.78, 5) is 31.4. The number of methoxy groups -OCH3 is 1. The highest BCUT2D eigenvalue weighted by Gasteiger charge is 2.22. The predicted molar refractivity (Wildman–Crippen MR) is 170 cm³/mol. The Morgan fingerprint density at radius 2 is 1.63 bits per heavy atom. The van der Waals surface area contributed by atoms with Crippen molar-refractivity contribution in [3.8, 4) is 34.1 Å². The minimum atomic E-state index is -0.636. The van der Waals surface area contributed by atoms with Crippen molar-refractivity contribution in [3.05, 3.63) is 89.6 Å². The van der Waals surface area contributed by atoms with Crippen molar-refractivity contribution < 1.29 is 19.1 Å². The third kappa shape index (κ3) is 8.11. The van der Waals surface area contributed by atoms with Gasteiger partial charge in [0.25, 0.3) is 5.91 Å². The van der Waals surface area contributed by atoms with Crippen molar-refractivity contribution in [3.63, 3.8) is 0 Å². The van der Waals surface area contributed by atoms with Crippen LogP contribution in [0.1, 0.15) is 68.1 Å². The van der Waals surface area contributed by atoms with E-state index >= 15 is 0 Å². The summed E-state index contributed by atoms with van der Waals surface area (Å²) in [7, 11) is 1.67. The fraction of sp³-hybridized carbons (Fsp3) is 0.343. The summed E-state index contributed by atoms with van der Waals surface area (Å²) in [5.74, 6) is 0.800. The van der Waals surface area contributed by atoms with Gasteiger partial charge in [0.2, 0.25) is 0 Å². The molecule has 4 aromatic rings. The Labute approximate surface area is 254 Å². The third-order valence-electron chi connectivity index (χ3n) is 7.38. The second-order valence-electron chi connectivity index (χ2n) is 10.7. The number of hydrogen-bond donors (Lipinski definition) is 1. The molecule has 1 amide bonds. The molecule has 4 rings (SSSR count). The van der Waals surface area contributed by atoms with Gasteiger partial charge in [0.05, 0.1) is 24.1 Å². The van der Waals surface area contributed by atoms with E-state index in [2.05, 4.69) is 47.6 Å². The van der Waals surface area contributed by atoms with Crippen LogP contribution in [0.3, 0.4) is 0 Å². The lowest BCUT2D eigenvalue weighted by molar-refractivity contribution is -0.131. The highest BCUT2D eigenvalue weighted by atomic mass is 16.5. The first kappa shape index (κ1) is 31.5. The molecular weight excluding hydrogens is 540 g/mol. The van der Waals surface area contributed by atoms with Gasteiger partial charge in [-0.05, 0) is 61.3 Å². The van der Waals surface area contributed by atoms with Crippen molar-refractivity contribution in [2.75, 3.05) is 13.7 Å². The molecule has 43 heavy (non-hydrogen) atoms. The summed E-state index contributed by atoms with van der Waals surface area (Å²) in [6, 6.07) is 23.7. The molecule has 0 aliphatic carbocycles. The molecule has 0 radical (unpaired) electrons. The molecule has 3 aromatic carbocycles. The predicted octanol–water partition coefficient (Wildman–Crippen LogP) is 6.85. The molecule has 8 heteroatoms. The number of nitrogens with two attached hydrogens (primary N) is 1. The van der Waals surface area contributed by atoms with E-state index in [1.807, 2.05) is 36.4 Å². The number of hydrogen-bond acceptors (Lipinski definition) is 6. The van der Waals surface area contributed by atoms with Crippen LogP contribution in [0.15, 0.2) is 72.8 Å². The van der Waals surface area contributed by atoms with E-state index in [0.29, 0.717) is 13.1 Å². The standard InChI is InChI=1S/C35H42N4O4/c1-5-7-20-38(23-26-14-19-30(34(36)41)32(22-26)43-25(3)40)24-31-33(27-15-17-29(42-4)18-16-27)37-35(39(31)21-8-6-2)28-12-10-9-11-13-28/h9-19,22H,5-8,20-21,23-24H2,1-4H3,(H2,36,41). The fourth-order valence-corrected chi connectivity index (χ4v) is 5.17. The van der Waals surface area contributed by atoms with Gasteiger partial charge in [-0.25, -0.2) is 4.98 Å². The van der Waals surface area contributed by atoms with E-state index in [1.54, 1.807) is 19.2 Å². The molecule has 0 unspecified atom stereocenters. The van der Waals surface area contributed by atoms with Crippen LogP contribution in [-0.4, -0.2) is 40.0 Å². The number of unbranched alkanes of at least 4 members (excludes halogenated alkanes) is 2. The zero-order chi connectivity index (χ0) is 30.8. The van der Waals surface area contributed by atoms with Gasteiger partial charge in [0, 0.05) is 37.7 Å². The Morgan fingerprint density at radius 3 is 2.26 bits per heavy atom. The van der Waals surface area contributed by atoms with Gasteiger partial charge in [-0.1, -0.05) is 63.1 Å². The minimum absolute atomic E-state index is 0.186. The van der Waals surface area contributed by atoms with Gasteiger partial charge in [-0.3, -0.25) is 14.5 Å². The van der Waals surface area contributed by atoms with Gasteiger partial charge < -0.3 is 19.8 Å². The lowest BCUT2D eigenvalue weighted by atomic mass is 10.1. The summed E-state index contributed by atoms with van der Waals surface area (Å²) >= 11 is 0. The fourth-order valence-electron chi connectivity index (χ4n) is 5.17. The summed E-state index contributed by atoms with van der Waals surface area (Å²) in [6.45, 7) is 8.66. The number of esters is 1. The van der Waals surface area contributed by atoms with E-state index < -0.39 is 11.9 Å². The van der Waals surface area contributed by atoms with Gasteiger partial charge in [0.15, 0.2) is 0 Å². The number of amides is 1. The lowest BCUT2D eigenvalue weighted by Crippen LogP contribution is -2.26. The second-order valence-corrected chi connectivity index (χ2v) is 10.7. The first-order valence-corrected chi connectivity index (χ1v) is 15.0. The maximum absolute atomic E-state index is 12.0. The highest BCUT2D eigenvalue weighted by Crippen LogP contribution is 2.33. The number of nitrogens with zero attached hydrogens (tertiary/aromatic N) is 3. The van der Waals surface area contributed by atoms with Crippen molar-refractivity contribution >= 4 is 11.9 Å². The second kappa shape index (κ2) is 15.2. The normalized spacial score (nSPS) is 11.1. The number of ether oxygens (including phenoxy) is 2. The maximum Gasteiger partial charge on any atom is 0.308 e. The van der Waals surface area contributed by atoms with E-state index in [-0.39, 0.29) is 11.3 Å². The van der Waals surface area contributed by atoms with Crippen LogP contribution >= 0.6 is 0 Å². The van der Waals surface area contributed by atoms with Crippen molar-refractivity contribution in [1.29, 1.82) is 0 Å². The highest BCUT2D eigenvalue weighted by molar-refractivity contribution is 5.96. The number of rotatable bonds is 15. The maximum atomic E-state index is 12.0. The zero-order valence-electron chi connectivity index (χ0n) is 25.6. The number of carbonyl (C=O) groups is 2. The molecule has 0 saturated heterocycles. The van der Waals surface area contributed by atoms with Crippen molar-refractivity contribution in [2.45, 2.75) is 66.1 Å². The minimum Gasteiger partial charge on any atom is -0.497 e. The van der Waals surface area contributed by atoms with Crippen LogP contribution in [0.2, 0.25) is 0 Å². The molecule has 0 atom stereocenters. The average Bonchev–Trinajstić information content (AvgIpc) is 3.36. The van der Waals surface area contributed by atoms with Gasteiger partial charge in [-0.2, -0.15) is 0 Å². The smallest absolute Gasteiger partial charge is 0.308 e. The number of benzene rings is 3. The largest absolute Gasteiger partial charge is 0.497 e. The summed E-state index contributed by atoms with van der Waals surface area (Å²) < 4.78 is 13.2. The molecule has 0 bridgehead atoms. The van der Waals surface area contributed by atoms with E-state index in [0.717, 1.165) is 78.4 Å². The average molecular weight is 583 g/mol. The molecule has 0 spiro atoms. The third-order valence-corrected chi connectivity index (χ3v) is 7.38. The SMILES string of the molecule is CCCCN(Cc1ccc(C(N)=O)c(OC(C)=O)c1)Cc1c(-c2ccc(OC)cc2)nc(-c2ccccc2)n1CCCC. The van der Waals surface area contributed by atoms with Crippen LogP contribution in [0.25, 0.3) is 22.6 Å². The summed E-state index contributed by atoms with van der Waals surface area (Å²) in [5, 5.41) is 0. The van der Waals surface area contributed by atoms with Gasteiger partial charge in [-0.15, -0.1) is 0 Å². The molecule has 0 fully saturated rings. The lowest BCUT2D eigenvalue weighted by Gasteiger charge is -2.24. The molecular formula is C35H42N4O4. The Morgan fingerprint density at radius 1 is 0.907 bits per heavy atom.